The van der Waals surface area contributed by atoms with Crippen molar-refractivity contribution in [3.05, 3.63) is 83.9 Å². The fourth-order valence-electron chi connectivity index (χ4n) is 2.79. The lowest BCUT2D eigenvalue weighted by molar-refractivity contribution is 0.0998. The minimum absolute atomic E-state index is 0.189. The number of rotatable bonds is 7. The summed E-state index contributed by atoms with van der Waals surface area (Å²) >= 11 is 1.53. The highest BCUT2D eigenvalue weighted by molar-refractivity contribution is 7.98. The molecule has 0 aliphatic rings. The molecule has 0 aliphatic carbocycles. The van der Waals surface area contributed by atoms with Crippen LogP contribution in [0, 0.1) is 0 Å². The topological polar surface area (TPSA) is 110 Å². The summed E-state index contributed by atoms with van der Waals surface area (Å²) in [5.41, 5.74) is 6.84. The number of nitrogens with zero attached hydrogens (tertiary/aromatic N) is 1. The van der Waals surface area contributed by atoms with Crippen LogP contribution in [0.1, 0.15) is 20.7 Å². The maximum absolute atomic E-state index is 12.9. The first kappa shape index (κ1) is 22.4. The molecule has 3 N–H and O–H groups in total. The molecular weight excluding hydrogens is 434 g/mol. The molecule has 2 amide bonds. The maximum atomic E-state index is 12.9. The Hall–Kier alpha value is -3.30. The molecule has 7 nitrogen and oxygen atoms in total. The molecule has 0 spiro atoms. The van der Waals surface area contributed by atoms with Gasteiger partial charge in [-0.2, -0.15) is 0 Å². The molecule has 0 heterocycles. The van der Waals surface area contributed by atoms with Crippen molar-refractivity contribution in [3.63, 3.8) is 0 Å². The van der Waals surface area contributed by atoms with Gasteiger partial charge in [-0.3, -0.25) is 13.9 Å². The summed E-state index contributed by atoms with van der Waals surface area (Å²) in [5, 5.41) is 2.72. The zero-order valence-corrected chi connectivity index (χ0v) is 18.5. The molecule has 3 aromatic rings. The van der Waals surface area contributed by atoms with E-state index in [9.17, 15) is 18.0 Å². The summed E-state index contributed by atoms with van der Waals surface area (Å²) in [6.45, 7) is 0. The first-order chi connectivity index (χ1) is 14.7. The zero-order valence-electron chi connectivity index (χ0n) is 16.9. The fraction of sp³-hybridized carbons (Fsp3) is 0.0909. The summed E-state index contributed by atoms with van der Waals surface area (Å²) in [5.74, 6) is -0.913. The number of nitrogens with two attached hydrogens (primary N) is 1. The van der Waals surface area contributed by atoms with E-state index in [1.54, 1.807) is 60.7 Å². The van der Waals surface area contributed by atoms with Crippen molar-refractivity contribution >= 4 is 45.0 Å². The molecule has 31 heavy (non-hydrogen) atoms. The van der Waals surface area contributed by atoms with Crippen LogP contribution in [-0.2, 0) is 10.0 Å². The van der Waals surface area contributed by atoms with Gasteiger partial charge in [0.2, 0.25) is 5.91 Å². The predicted octanol–water partition coefficient (Wildman–Crippen LogP) is 3.58. The molecule has 0 saturated heterocycles. The van der Waals surface area contributed by atoms with Gasteiger partial charge in [0, 0.05) is 28.8 Å². The second-order valence-corrected chi connectivity index (χ2v) is 9.44. The summed E-state index contributed by atoms with van der Waals surface area (Å²) in [7, 11) is -2.26. The Labute approximate surface area is 185 Å². The Bertz CT molecular complexity index is 1190. The van der Waals surface area contributed by atoms with Gasteiger partial charge in [0.1, 0.15) is 0 Å². The van der Waals surface area contributed by atoms with Gasteiger partial charge in [0.15, 0.2) is 0 Å². The number of anilines is 2. The molecule has 0 radical (unpaired) electrons. The van der Waals surface area contributed by atoms with Crippen molar-refractivity contribution in [2.45, 2.75) is 9.79 Å². The molecule has 0 bridgehead atoms. The van der Waals surface area contributed by atoms with Crippen molar-refractivity contribution in [2.24, 2.45) is 5.73 Å². The smallest absolute Gasteiger partial charge is 0.264 e. The number of carbonyl (C=O) groups excluding carboxylic acids is 2. The van der Waals surface area contributed by atoms with Crippen LogP contribution >= 0.6 is 11.8 Å². The summed E-state index contributed by atoms with van der Waals surface area (Å²) < 4.78 is 26.9. The number of sulfonamides is 1. The monoisotopic (exact) mass is 455 g/mol. The molecule has 0 aliphatic heterocycles. The summed E-state index contributed by atoms with van der Waals surface area (Å²) in [4.78, 5) is 24.7. The fourth-order valence-corrected chi connectivity index (χ4v) is 4.39. The SMILES string of the molecule is CSc1ccc(S(=O)(=O)N(C)c2ccc(C(=O)Nc3ccc(C(N)=O)cc3)cc2)cc1. The first-order valence-corrected chi connectivity index (χ1v) is 11.8. The number of carbonyl (C=O) groups is 2. The second-order valence-electron chi connectivity index (χ2n) is 6.59. The van der Waals surface area contributed by atoms with E-state index in [0.717, 1.165) is 4.90 Å². The lowest BCUT2D eigenvalue weighted by atomic mass is 10.1. The highest BCUT2D eigenvalue weighted by Crippen LogP contribution is 2.24. The van der Waals surface area contributed by atoms with Crippen molar-refractivity contribution in [1.29, 1.82) is 0 Å². The number of amides is 2. The average Bonchev–Trinajstić information content (AvgIpc) is 2.79. The van der Waals surface area contributed by atoms with Crippen LogP contribution in [0.25, 0.3) is 0 Å². The Morgan fingerprint density at radius 1 is 0.871 bits per heavy atom. The predicted molar refractivity (Wildman–Crippen MR) is 123 cm³/mol. The molecular formula is C22H21N3O4S2. The Morgan fingerprint density at radius 2 is 1.42 bits per heavy atom. The lowest BCUT2D eigenvalue weighted by Crippen LogP contribution is -2.26. The summed E-state index contributed by atoms with van der Waals surface area (Å²) in [6.07, 6.45) is 1.92. The molecule has 0 fully saturated rings. The van der Waals surface area contributed by atoms with E-state index in [1.165, 1.54) is 35.2 Å². The quantitative estimate of drug-likeness (QED) is 0.529. The van der Waals surface area contributed by atoms with Crippen LogP contribution in [-0.4, -0.2) is 33.5 Å². The van der Waals surface area contributed by atoms with Gasteiger partial charge >= 0.3 is 0 Å². The molecule has 160 valence electrons. The Kier molecular flexibility index (Phi) is 6.67. The van der Waals surface area contributed by atoms with Crippen LogP contribution in [0.3, 0.4) is 0 Å². The lowest BCUT2D eigenvalue weighted by Gasteiger charge is -2.20. The zero-order chi connectivity index (χ0) is 22.6. The second kappa shape index (κ2) is 9.23. The molecule has 9 heteroatoms. The molecule has 0 unspecified atom stereocenters. The third kappa shape index (κ3) is 5.07. The minimum Gasteiger partial charge on any atom is -0.366 e. The number of primary amides is 1. The van der Waals surface area contributed by atoms with E-state index in [4.69, 9.17) is 5.73 Å². The van der Waals surface area contributed by atoms with Gasteiger partial charge in [0.25, 0.3) is 15.9 Å². The van der Waals surface area contributed by atoms with Crippen molar-refractivity contribution in [1.82, 2.24) is 0 Å². The third-order valence-corrected chi connectivity index (χ3v) is 7.18. The van der Waals surface area contributed by atoms with Crippen LogP contribution in [0.4, 0.5) is 11.4 Å². The Morgan fingerprint density at radius 3 is 1.94 bits per heavy atom. The Balaban J connectivity index is 1.73. The maximum Gasteiger partial charge on any atom is 0.264 e. The number of benzene rings is 3. The minimum atomic E-state index is -3.72. The summed E-state index contributed by atoms with van der Waals surface area (Å²) in [6, 6.07) is 19.1. The van der Waals surface area contributed by atoms with Gasteiger partial charge in [-0.1, -0.05) is 0 Å². The van der Waals surface area contributed by atoms with Gasteiger partial charge in [-0.15, -0.1) is 11.8 Å². The average molecular weight is 456 g/mol. The number of thioether (sulfide) groups is 1. The largest absolute Gasteiger partial charge is 0.366 e. The van der Waals surface area contributed by atoms with Crippen LogP contribution in [0.5, 0.6) is 0 Å². The molecule has 3 rings (SSSR count). The van der Waals surface area contributed by atoms with E-state index >= 15 is 0 Å². The van der Waals surface area contributed by atoms with Crippen LogP contribution < -0.4 is 15.4 Å². The van der Waals surface area contributed by atoms with Crippen LogP contribution in [0.15, 0.2) is 82.6 Å². The van der Waals surface area contributed by atoms with Crippen molar-refractivity contribution in [2.75, 3.05) is 22.9 Å². The highest BCUT2D eigenvalue weighted by Gasteiger charge is 2.21. The van der Waals surface area contributed by atoms with E-state index in [-0.39, 0.29) is 10.8 Å². The van der Waals surface area contributed by atoms with Gasteiger partial charge in [-0.05, 0) is 79.1 Å². The van der Waals surface area contributed by atoms with Gasteiger partial charge in [0.05, 0.1) is 10.6 Å². The normalized spacial score (nSPS) is 11.0. The van der Waals surface area contributed by atoms with E-state index in [2.05, 4.69) is 5.32 Å². The van der Waals surface area contributed by atoms with E-state index < -0.39 is 15.9 Å². The van der Waals surface area contributed by atoms with Gasteiger partial charge in [-0.25, -0.2) is 8.42 Å². The molecule has 0 atom stereocenters. The molecule has 0 saturated carbocycles. The third-order valence-electron chi connectivity index (χ3n) is 4.64. The van der Waals surface area contributed by atoms with E-state index in [0.29, 0.717) is 22.5 Å². The standard InChI is InChI=1S/C22H21N3O4S2/c1-25(31(28,29)20-13-11-19(30-2)12-14-20)18-9-5-16(6-10-18)22(27)24-17-7-3-15(4-8-17)21(23)26/h3-14H,1-2H3,(H2,23,26)(H,24,27). The first-order valence-electron chi connectivity index (χ1n) is 9.16. The number of hydrogen-bond donors (Lipinski definition) is 2. The molecule has 3 aromatic carbocycles. The van der Waals surface area contributed by atoms with Crippen molar-refractivity contribution in [3.8, 4) is 0 Å². The van der Waals surface area contributed by atoms with Crippen molar-refractivity contribution < 1.29 is 18.0 Å². The van der Waals surface area contributed by atoms with Crippen LogP contribution in [0.2, 0.25) is 0 Å². The number of hydrogen-bond acceptors (Lipinski definition) is 5. The van der Waals surface area contributed by atoms with E-state index in [1.807, 2.05) is 6.26 Å². The van der Waals surface area contributed by atoms with Gasteiger partial charge < -0.3 is 11.1 Å². The number of nitrogens with one attached hydrogen (secondary N) is 1. The molecule has 0 aromatic heterocycles. The highest BCUT2D eigenvalue weighted by atomic mass is 32.2.